The molecular weight excluding hydrogens is 413 g/mol. The van der Waals surface area contributed by atoms with Crippen molar-refractivity contribution < 1.29 is 28.0 Å². The van der Waals surface area contributed by atoms with Gasteiger partial charge in [0.1, 0.15) is 0 Å². The van der Waals surface area contributed by atoms with Gasteiger partial charge in [-0.05, 0) is 5.56 Å². The van der Waals surface area contributed by atoms with Gasteiger partial charge in [0.05, 0.1) is 0 Å². The molecule has 0 aliphatic rings. The molecule has 6 heteroatoms. The van der Waals surface area contributed by atoms with Gasteiger partial charge in [-0.2, -0.15) is 37.4 Å². The van der Waals surface area contributed by atoms with E-state index in [9.17, 15) is 13.2 Å². The molecule has 0 nitrogen and oxygen atoms in total. The van der Waals surface area contributed by atoms with Crippen LogP contribution in [0, 0.1) is 6.07 Å². The van der Waals surface area contributed by atoms with Crippen LogP contribution in [-0.2, 0) is 21.0 Å². The van der Waals surface area contributed by atoms with Gasteiger partial charge in [0, 0.05) is 0 Å². The van der Waals surface area contributed by atoms with E-state index in [4.69, 9.17) is 0 Å². The minimum absolute atomic E-state index is 0.0451. The van der Waals surface area contributed by atoms with Crippen LogP contribution in [0.25, 0.3) is 0 Å². The molecule has 0 radical (unpaired) electrons. The maximum atomic E-state index is 12.0. The Kier molecular flexibility index (Phi) is 6.76. The molecule has 68 valence electrons. The summed E-state index contributed by atoms with van der Waals surface area (Å²) >= 11 is 6.41. The molecule has 1 rings (SSSR count). The number of alkyl halides is 3. The standard InChI is InChI=1S/C7H3BrF3.HI.Zn/c8-6-4-2-1-3-5(6)7(9,10)11;;/h2-4H;1H;/q-1;;+2/p-1. The molecule has 1 aromatic carbocycles. The van der Waals surface area contributed by atoms with Crippen LogP contribution < -0.4 is 0 Å². The van der Waals surface area contributed by atoms with Gasteiger partial charge in [0.15, 0.2) is 0 Å². The minimum atomic E-state index is -4.30. The Morgan fingerprint density at radius 2 is 1.92 bits per heavy atom. The fourth-order valence-electron chi connectivity index (χ4n) is 0.629. The van der Waals surface area contributed by atoms with Gasteiger partial charge in [-0.25, -0.2) is 0 Å². The van der Waals surface area contributed by atoms with E-state index in [1.165, 1.54) is 26.9 Å². The zero-order valence-corrected chi connectivity index (χ0v) is 13.0. The molecule has 0 unspecified atom stereocenters. The molecule has 0 fully saturated rings. The van der Waals surface area contributed by atoms with Gasteiger partial charge >= 0.3 is 40.7 Å². The van der Waals surface area contributed by atoms with Gasteiger partial charge in [-0.3, -0.25) is 0 Å². The molecule has 0 aliphatic carbocycles. The summed E-state index contributed by atoms with van der Waals surface area (Å²) in [6, 6.07) is 5.99. The van der Waals surface area contributed by atoms with E-state index >= 15 is 0 Å². The van der Waals surface area contributed by atoms with Gasteiger partial charge < -0.3 is 0 Å². The summed E-state index contributed by atoms with van der Waals surface area (Å²) in [5.41, 5.74) is -0.694. The molecule has 0 spiro atoms. The third-order valence-electron chi connectivity index (χ3n) is 1.12. The molecule has 1 aromatic rings. The maximum absolute atomic E-state index is 12.0. The molecule has 0 aliphatic heterocycles. The predicted octanol–water partition coefficient (Wildman–Crippen LogP) is 4.15. The predicted molar refractivity (Wildman–Crippen MR) is 52.0 cm³/mol. The van der Waals surface area contributed by atoms with Crippen LogP contribution >= 0.6 is 35.7 Å². The summed E-state index contributed by atoms with van der Waals surface area (Å²) in [4.78, 5) is 0. The summed E-state index contributed by atoms with van der Waals surface area (Å²) in [5.74, 6) is 0. The quantitative estimate of drug-likeness (QED) is 0.339. The topological polar surface area (TPSA) is 0 Å². The zero-order valence-electron chi connectivity index (χ0n) is 6.33. The Bertz CT molecular complexity index is 264. The van der Waals surface area contributed by atoms with Crippen molar-refractivity contribution in [2.75, 3.05) is 0 Å². The van der Waals surface area contributed by atoms with E-state index in [-0.39, 0.29) is 4.47 Å². The Labute approximate surface area is 103 Å². The third-order valence-corrected chi connectivity index (χ3v) is 1.81. The van der Waals surface area contributed by atoms with Crippen molar-refractivity contribution in [3.63, 3.8) is 0 Å². The second-order valence-electron chi connectivity index (χ2n) is 1.90. The van der Waals surface area contributed by atoms with Crippen molar-refractivity contribution in [3.8, 4) is 0 Å². The number of hydrogen-bond acceptors (Lipinski definition) is 0. The van der Waals surface area contributed by atoms with Gasteiger partial charge in [-0.1, -0.05) is 20.4 Å². The van der Waals surface area contributed by atoms with E-state index in [2.05, 4.69) is 41.7 Å². The average molecular weight is 416 g/mol. The first kappa shape index (κ1) is 13.8. The van der Waals surface area contributed by atoms with Crippen molar-refractivity contribution >= 4 is 35.7 Å². The number of benzene rings is 1. The third kappa shape index (κ3) is 4.74. The van der Waals surface area contributed by atoms with E-state index in [1.54, 1.807) is 0 Å². The van der Waals surface area contributed by atoms with Crippen molar-refractivity contribution in [2.45, 2.75) is 6.18 Å². The van der Waals surface area contributed by atoms with Crippen LogP contribution in [0.15, 0.2) is 22.7 Å². The van der Waals surface area contributed by atoms with Crippen LogP contribution in [0.2, 0.25) is 0 Å². The van der Waals surface area contributed by atoms with Crippen LogP contribution in [0.4, 0.5) is 13.2 Å². The second-order valence-corrected chi connectivity index (χ2v) is 2.76. The molecular formula is C7H3BrF3IZn. The van der Waals surface area contributed by atoms with Gasteiger partial charge in [0.25, 0.3) is 0 Å². The Morgan fingerprint density at radius 1 is 1.38 bits per heavy atom. The van der Waals surface area contributed by atoms with E-state index in [0.717, 1.165) is 6.07 Å². The van der Waals surface area contributed by atoms with Crippen molar-refractivity contribution in [1.29, 1.82) is 0 Å². The molecule has 0 aromatic heterocycles. The fourth-order valence-corrected chi connectivity index (χ4v) is 1.10. The summed E-state index contributed by atoms with van der Waals surface area (Å²) in [7, 11) is 0. The van der Waals surface area contributed by atoms with Crippen LogP contribution in [0.3, 0.4) is 0 Å². The molecule has 0 bridgehead atoms. The number of rotatable bonds is 0. The van der Waals surface area contributed by atoms with E-state index in [0.29, 0.717) is 0 Å². The Morgan fingerprint density at radius 3 is 2.23 bits per heavy atom. The summed E-state index contributed by atoms with van der Waals surface area (Å²) in [6.45, 7) is 0. The van der Waals surface area contributed by atoms with Crippen molar-refractivity contribution in [2.24, 2.45) is 0 Å². The van der Waals surface area contributed by atoms with Gasteiger partial charge in [0.2, 0.25) is 0 Å². The monoisotopic (exact) mass is 414 g/mol. The SMILES string of the molecule is FC(F)(F)c1c[c-]ccc1Br.[Zn+][I]. The summed E-state index contributed by atoms with van der Waals surface area (Å²) in [6.07, 6.45) is -4.30. The van der Waals surface area contributed by atoms with Crippen LogP contribution in [0.5, 0.6) is 0 Å². The normalized spacial score (nSPS) is 10.4. The zero-order chi connectivity index (χ0) is 10.5. The Balaban J connectivity index is 0.000000671. The molecule has 0 N–H and O–H groups in total. The van der Waals surface area contributed by atoms with Crippen LogP contribution in [-0.4, -0.2) is 0 Å². The van der Waals surface area contributed by atoms with E-state index in [1.807, 2.05) is 0 Å². The first-order valence-electron chi connectivity index (χ1n) is 3.01. The second kappa shape index (κ2) is 6.35. The number of hydrogen-bond donors (Lipinski definition) is 0. The Hall–Kier alpha value is 0.843. The van der Waals surface area contributed by atoms with Gasteiger partial charge in [-0.15, -0.1) is 0 Å². The number of halogens is 5. The molecule has 0 saturated carbocycles. The fraction of sp³-hybridized carbons (Fsp3) is 0.143. The molecule has 0 heterocycles. The molecule has 0 saturated heterocycles. The first-order chi connectivity index (χ1) is 6.02. The summed E-state index contributed by atoms with van der Waals surface area (Å²) < 4.78 is 36.0. The molecule has 0 atom stereocenters. The van der Waals surface area contributed by atoms with Crippen LogP contribution in [0.1, 0.15) is 5.56 Å². The van der Waals surface area contributed by atoms with Crippen molar-refractivity contribution in [3.05, 3.63) is 34.3 Å². The first-order valence-corrected chi connectivity index (χ1v) is 12.9. The van der Waals surface area contributed by atoms with Crippen molar-refractivity contribution in [1.82, 2.24) is 0 Å². The summed E-state index contributed by atoms with van der Waals surface area (Å²) in [5, 5.41) is 0. The van der Waals surface area contributed by atoms with E-state index < -0.39 is 11.7 Å². The molecule has 13 heavy (non-hydrogen) atoms. The molecule has 0 amide bonds. The average Bonchev–Trinajstić information content (AvgIpc) is 2.07.